The minimum absolute atomic E-state index is 0.103. The molecule has 3 heterocycles. The molecule has 0 bridgehead atoms. The van der Waals surface area contributed by atoms with Crippen LogP contribution in [0.5, 0.6) is 0 Å². The molecule has 1 unspecified atom stereocenters. The monoisotopic (exact) mass is 473 g/mol. The van der Waals surface area contributed by atoms with Gasteiger partial charge in [-0.15, -0.1) is 5.10 Å². The summed E-state index contributed by atoms with van der Waals surface area (Å²) in [5, 5.41) is 17.5. The third-order valence-electron chi connectivity index (χ3n) is 7.80. The normalized spacial score (nSPS) is 20.3. The number of unbranched alkanes of at least 4 members (excludes halogenated alkanes) is 1. The van der Waals surface area contributed by atoms with Crippen LogP contribution in [0.3, 0.4) is 0 Å². The Morgan fingerprint density at radius 1 is 1.20 bits per heavy atom. The van der Waals surface area contributed by atoms with Gasteiger partial charge < -0.3 is 5.32 Å². The lowest BCUT2D eigenvalue weighted by atomic mass is 9.78. The van der Waals surface area contributed by atoms with E-state index in [0.29, 0.717) is 12.4 Å². The number of tetrazole rings is 1. The van der Waals surface area contributed by atoms with Gasteiger partial charge >= 0.3 is 5.69 Å². The number of dihydropyridines is 1. The van der Waals surface area contributed by atoms with Crippen LogP contribution in [0.25, 0.3) is 11.4 Å². The van der Waals surface area contributed by atoms with Crippen LogP contribution in [0, 0.1) is 5.41 Å². The topological polar surface area (TPSA) is 93.4 Å². The van der Waals surface area contributed by atoms with Gasteiger partial charge in [-0.05, 0) is 65.6 Å². The first kappa shape index (κ1) is 23.3. The number of rotatable bonds is 8. The van der Waals surface area contributed by atoms with Gasteiger partial charge in [0.1, 0.15) is 0 Å². The molecule has 2 aromatic heterocycles. The number of nitrogens with zero attached hydrogens (tertiary/aromatic N) is 5. The molecule has 3 aromatic rings. The van der Waals surface area contributed by atoms with E-state index in [1.54, 1.807) is 0 Å². The Balaban J connectivity index is 1.59. The predicted octanol–water partition coefficient (Wildman–Crippen LogP) is 4.49. The number of aromatic amines is 1. The zero-order valence-electron chi connectivity index (χ0n) is 20.9. The number of imidazole rings is 1. The molecule has 0 saturated heterocycles. The Kier molecular flexibility index (Phi) is 6.21. The lowest BCUT2D eigenvalue weighted by Gasteiger charge is -2.31. The highest BCUT2D eigenvalue weighted by Gasteiger charge is 2.38. The highest BCUT2D eigenvalue weighted by molar-refractivity contribution is 5.57. The van der Waals surface area contributed by atoms with Crippen LogP contribution in [0.1, 0.15) is 70.2 Å². The Morgan fingerprint density at radius 3 is 2.71 bits per heavy atom. The summed E-state index contributed by atoms with van der Waals surface area (Å²) in [5.41, 5.74) is 2.88. The van der Waals surface area contributed by atoms with Gasteiger partial charge in [-0.2, -0.15) is 0 Å². The fourth-order valence-corrected chi connectivity index (χ4v) is 5.71. The first-order valence-electron chi connectivity index (χ1n) is 12.7. The molecule has 8 heteroatoms. The molecular weight excluding hydrogens is 438 g/mol. The molecule has 1 aliphatic carbocycles. The van der Waals surface area contributed by atoms with Crippen molar-refractivity contribution in [2.24, 2.45) is 5.41 Å². The van der Waals surface area contributed by atoms with Gasteiger partial charge in [-0.25, -0.2) is 9.89 Å². The lowest BCUT2D eigenvalue weighted by molar-refractivity contribution is 0.254. The third kappa shape index (κ3) is 4.37. The smallest absolute Gasteiger partial charge is 0.328 e. The largest absolute Gasteiger partial charge is 0.368 e. The summed E-state index contributed by atoms with van der Waals surface area (Å²) in [4.78, 5) is 14.0. The number of aryl methyl sites for hydroxylation is 1. The van der Waals surface area contributed by atoms with E-state index >= 15 is 0 Å². The fourth-order valence-electron chi connectivity index (χ4n) is 5.71. The van der Waals surface area contributed by atoms with Crippen molar-refractivity contribution in [3.05, 3.63) is 76.8 Å². The van der Waals surface area contributed by atoms with Gasteiger partial charge in [0.05, 0.1) is 5.41 Å². The van der Waals surface area contributed by atoms with E-state index < -0.39 is 5.41 Å². The number of H-pyrrole nitrogens is 1. The molecule has 0 amide bonds. The number of nitrogens with one attached hydrogen (secondary N) is 2. The molecular formula is C27H35N7O. The van der Waals surface area contributed by atoms with Crippen molar-refractivity contribution in [1.29, 1.82) is 0 Å². The fraction of sp³-hybridized carbons (Fsp3) is 0.481. The van der Waals surface area contributed by atoms with Crippen molar-refractivity contribution >= 4 is 0 Å². The number of hydrogen-bond acceptors (Lipinski definition) is 5. The molecule has 1 atom stereocenters. The summed E-state index contributed by atoms with van der Waals surface area (Å²) in [6.07, 6.45) is 16.8. The predicted molar refractivity (Wildman–Crippen MR) is 137 cm³/mol. The van der Waals surface area contributed by atoms with E-state index in [0.717, 1.165) is 48.9 Å². The van der Waals surface area contributed by atoms with Gasteiger partial charge in [0.2, 0.25) is 0 Å². The second kappa shape index (κ2) is 9.32. The van der Waals surface area contributed by atoms with Crippen LogP contribution < -0.4 is 11.0 Å². The zero-order valence-corrected chi connectivity index (χ0v) is 20.9. The van der Waals surface area contributed by atoms with Gasteiger partial charge in [0.25, 0.3) is 0 Å². The second-order valence-corrected chi connectivity index (χ2v) is 10.6. The van der Waals surface area contributed by atoms with Crippen LogP contribution in [-0.4, -0.2) is 29.8 Å². The first-order valence-corrected chi connectivity index (χ1v) is 12.7. The molecule has 0 spiro atoms. The molecule has 1 aliphatic heterocycles. The maximum absolute atomic E-state index is 14.0. The number of allylic oxidation sites excluding steroid dienone is 2. The Labute approximate surface area is 206 Å². The van der Waals surface area contributed by atoms with Crippen molar-refractivity contribution in [3.63, 3.8) is 0 Å². The average molecular weight is 474 g/mol. The maximum Gasteiger partial charge on any atom is 0.328 e. The highest BCUT2D eigenvalue weighted by atomic mass is 16.1. The molecule has 184 valence electrons. The molecule has 0 radical (unpaired) electrons. The van der Waals surface area contributed by atoms with E-state index in [1.807, 2.05) is 33.7 Å². The number of hydrogen-bond donors (Lipinski definition) is 2. The van der Waals surface area contributed by atoms with Crippen molar-refractivity contribution in [3.8, 4) is 11.4 Å². The standard InChI is InChI=1S/C27H35N7O/c1-4-5-10-22-18-33(23-11-7-12-26(23,2)3)25(35)34(22)19-27(13-15-28-16-14-27)21-9-6-8-20(17-21)24-29-31-32-30-24/h6,8-9,13-18,23,28H,4-5,7,10-12,19H2,1-3H3,(H,29,30,31,32). The summed E-state index contributed by atoms with van der Waals surface area (Å²) < 4.78 is 4.06. The Bertz CT molecular complexity index is 1270. The van der Waals surface area contributed by atoms with Crippen LogP contribution >= 0.6 is 0 Å². The molecule has 1 aromatic carbocycles. The van der Waals surface area contributed by atoms with Gasteiger partial charge in [0.15, 0.2) is 5.82 Å². The lowest BCUT2D eigenvalue weighted by Crippen LogP contribution is -2.38. The molecule has 2 aliphatic rings. The van der Waals surface area contributed by atoms with Crippen LogP contribution in [-0.2, 0) is 18.4 Å². The Hall–Kier alpha value is -3.42. The van der Waals surface area contributed by atoms with Gasteiger partial charge in [-0.1, -0.05) is 64.0 Å². The van der Waals surface area contributed by atoms with Crippen molar-refractivity contribution in [2.75, 3.05) is 0 Å². The maximum atomic E-state index is 14.0. The average Bonchev–Trinajstić information content (AvgIpc) is 3.59. The van der Waals surface area contributed by atoms with Crippen molar-refractivity contribution in [1.82, 2.24) is 35.1 Å². The van der Waals surface area contributed by atoms with E-state index in [2.05, 4.69) is 77.2 Å². The second-order valence-electron chi connectivity index (χ2n) is 10.6. The summed E-state index contributed by atoms with van der Waals surface area (Å²) in [6.45, 7) is 7.33. The van der Waals surface area contributed by atoms with E-state index in [1.165, 1.54) is 6.42 Å². The molecule has 1 saturated carbocycles. The molecule has 8 nitrogen and oxygen atoms in total. The summed E-state index contributed by atoms with van der Waals surface area (Å²) in [6, 6.07) is 8.47. The number of aromatic nitrogens is 6. The third-order valence-corrected chi connectivity index (χ3v) is 7.80. The summed E-state index contributed by atoms with van der Waals surface area (Å²) in [5.74, 6) is 0.624. The summed E-state index contributed by atoms with van der Waals surface area (Å²) in [7, 11) is 0. The van der Waals surface area contributed by atoms with Gasteiger partial charge in [-0.3, -0.25) is 9.13 Å². The molecule has 5 rings (SSSR count). The van der Waals surface area contributed by atoms with E-state index in [4.69, 9.17) is 0 Å². The minimum atomic E-state index is -0.475. The van der Waals surface area contributed by atoms with E-state index in [-0.39, 0.29) is 17.1 Å². The zero-order chi connectivity index (χ0) is 24.5. The van der Waals surface area contributed by atoms with Crippen LogP contribution in [0.15, 0.2) is 59.8 Å². The molecule has 1 fully saturated rings. The Morgan fingerprint density at radius 2 is 2.03 bits per heavy atom. The van der Waals surface area contributed by atoms with Crippen molar-refractivity contribution < 1.29 is 0 Å². The summed E-state index contributed by atoms with van der Waals surface area (Å²) >= 11 is 0. The quantitative estimate of drug-likeness (QED) is 0.503. The van der Waals surface area contributed by atoms with Crippen LogP contribution in [0.4, 0.5) is 0 Å². The molecule has 2 N–H and O–H groups in total. The van der Waals surface area contributed by atoms with E-state index in [9.17, 15) is 4.79 Å². The molecule has 35 heavy (non-hydrogen) atoms. The minimum Gasteiger partial charge on any atom is -0.368 e. The van der Waals surface area contributed by atoms with Crippen molar-refractivity contribution in [2.45, 2.75) is 77.3 Å². The number of benzene rings is 1. The first-order chi connectivity index (χ1) is 16.9. The van der Waals surface area contributed by atoms with Crippen LogP contribution in [0.2, 0.25) is 0 Å². The highest BCUT2D eigenvalue weighted by Crippen LogP contribution is 2.45. The van der Waals surface area contributed by atoms with Gasteiger partial charge in [0, 0.05) is 30.0 Å². The SMILES string of the molecule is CCCCc1cn(C2CCCC2(C)C)c(=O)n1CC1(c2cccc(-c3nnn[nH]3)c2)C=CNC=C1.